The van der Waals surface area contributed by atoms with Crippen LogP contribution in [0.1, 0.15) is 27.0 Å². The van der Waals surface area contributed by atoms with E-state index >= 15 is 0 Å². The maximum atomic E-state index is 13.1. The lowest BCUT2D eigenvalue weighted by molar-refractivity contribution is 0.0993. The smallest absolute Gasteiger partial charge is 0.265 e. The van der Waals surface area contributed by atoms with Crippen LogP contribution in [0.5, 0.6) is 17.2 Å². The standard InChI is InChI=1S/C24H24N2O5S/c1-14-6-8-21-19(10-14)26(4)24(27)18-13-17(7-9-20(18)31-21)25-32(28,29)23-12-16(3)15(2)11-22(23)30-5/h6-13,25H,1-5H3. The summed E-state index contributed by atoms with van der Waals surface area (Å²) in [5.41, 5.74) is 3.89. The zero-order valence-electron chi connectivity index (χ0n) is 18.5. The van der Waals surface area contributed by atoms with Gasteiger partial charge in [0.2, 0.25) is 0 Å². The SMILES string of the molecule is COc1cc(C)c(C)cc1S(=O)(=O)Nc1ccc2c(c1)C(=O)N(C)c1cc(C)ccc1O2. The van der Waals surface area contributed by atoms with Gasteiger partial charge in [-0.1, -0.05) is 6.07 Å². The van der Waals surface area contributed by atoms with Gasteiger partial charge in [0.1, 0.15) is 16.4 Å². The average Bonchev–Trinajstić information content (AvgIpc) is 2.85. The Balaban J connectivity index is 1.73. The second-order valence-corrected chi connectivity index (χ2v) is 9.49. The lowest BCUT2D eigenvalue weighted by atomic mass is 10.1. The molecule has 32 heavy (non-hydrogen) atoms. The largest absolute Gasteiger partial charge is 0.495 e. The minimum atomic E-state index is -3.96. The molecule has 0 radical (unpaired) electrons. The first-order valence-electron chi connectivity index (χ1n) is 9.99. The number of amides is 1. The van der Waals surface area contributed by atoms with E-state index in [2.05, 4.69) is 4.72 Å². The summed E-state index contributed by atoms with van der Waals surface area (Å²) in [6, 6.07) is 13.5. The summed E-state index contributed by atoms with van der Waals surface area (Å²) in [6.07, 6.45) is 0. The van der Waals surface area contributed by atoms with Gasteiger partial charge in [-0.3, -0.25) is 9.52 Å². The number of rotatable bonds is 4. The highest BCUT2D eigenvalue weighted by Gasteiger charge is 2.27. The fourth-order valence-corrected chi connectivity index (χ4v) is 4.86. The summed E-state index contributed by atoms with van der Waals surface area (Å²) >= 11 is 0. The van der Waals surface area contributed by atoms with Crippen molar-refractivity contribution < 1.29 is 22.7 Å². The van der Waals surface area contributed by atoms with E-state index in [-0.39, 0.29) is 27.8 Å². The maximum Gasteiger partial charge on any atom is 0.265 e. The Hall–Kier alpha value is -3.52. The third-order valence-corrected chi connectivity index (χ3v) is 6.93. The molecule has 0 atom stereocenters. The summed E-state index contributed by atoms with van der Waals surface area (Å²) < 4.78 is 40.1. The molecule has 0 spiro atoms. The van der Waals surface area contributed by atoms with Gasteiger partial charge >= 0.3 is 0 Å². The first-order chi connectivity index (χ1) is 15.1. The van der Waals surface area contributed by atoms with Gasteiger partial charge in [-0.25, -0.2) is 8.42 Å². The van der Waals surface area contributed by atoms with Crippen LogP contribution >= 0.6 is 0 Å². The highest BCUT2D eigenvalue weighted by Crippen LogP contribution is 2.40. The molecule has 0 aliphatic carbocycles. The lowest BCUT2D eigenvalue weighted by Crippen LogP contribution is -2.25. The molecule has 1 aliphatic heterocycles. The molecular weight excluding hydrogens is 428 g/mol. The average molecular weight is 453 g/mol. The number of fused-ring (bicyclic) bond motifs is 2. The monoisotopic (exact) mass is 452 g/mol. The number of hydrogen-bond donors (Lipinski definition) is 1. The summed E-state index contributed by atoms with van der Waals surface area (Å²) in [7, 11) is -0.872. The fourth-order valence-electron chi connectivity index (χ4n) is 3.58. The Bertz CT molecular complexity index is 1350. The Labute approximate surface area is 187 Å². The van der Waals surface area contributed by atoms with E-state index in [0.29, 0.717) is 17.2 Å². The van der Waals surface area contributed by atoms with Crippen LogP contribution in [0.4, 0.5) is 11.4 Å². The van der Waals surface area contributed by atoms with Crippen LogP contribution in [-0.2, 0) is 10.0 Å². The number of hydrogen-bond acceptors (Lipinski definition) is 5. The number of benzene rings is 3. The van der Waals surface area contributed by atoms with Crippen LogP contribution in [-0.4, -0.2) is 28.5 Å². The number of nitrogens with one attached hydrogen (secondary N) is 1. The van der Waals surface area contributed by atoms with Crippen molar-refractivity contribution in [2.75, 3.05) is 23.8 Å². The minimum Gasteiger partial charge on any atom is -0.495 e. The van der Waals surface area contributed by atoms with Crippen molar-refractivity contribution in [3.63, 3.8) is 0 Å². The van der Waals surface area contributed by atoms with Crippen LogP contribution < -0.4 is 19.1 Å². The minimum absolute atomic E-state index is 0.0283. The molecule has 166 valence electrons. The van der Waals surface area contributed by atoms with Gasteiger partial charge in [-0.05, 0) is 79.9 Å². The number of carbonyl (C=O) groups is 1. The first-order valence-corrected chi connectivity index (χ1v) is 11.5. The van der Waals surface area contributed by atoms with Crippen LogP contribution in [0.3, 0.4) is 0 Å². The zero-order valence-corrected chi connectivity index (χ0v) is 19.3. The molecule has 7 nitrogen and oxygen atoms in total. The molecule has 1 heterocycles. The molecule has 0 saturated carbocycles. The van der Waals surface area contributed by atoms with E-state index in [1.807, 2.05) is 39.0 Å². The molecule has 0 saturated heterocycles. The van der Waals surface area contributed by atoms with E-state index in [4.69, 9.17) is 9.47 Å². The van der Waals surface area contributed by atoms with Gasteiger partial charge in [0, 0.05) is 12.7 Å². The summed E-state index contributed by atoms with van der Waals surface area (Å²) in [5.74, 6) is 0.865. The number of nitrogens with zero attached hydrogens (tertiary/aromatic N) is 1. The lowest BCUT2D eigenvalue weighted by Gasteiger charge is -2.17. The molecule has 0 bridgehead atoms. The molecule has 4 rings (SSSR count). The number of aryl methyl sites for hydroxylation is 3. The van der Waals surface area contributed by atoms with Crippen molar-refractivity contribution in [2.45, 2.75) is 25.7 Å². The Morgan fingerprint density at radius 3 is 2.34 bits per heavy atom. The normalized spacial score (nSPS) is 13.0. The van der Waals surface area contributed by atoms with Gasteiger partial charge in [-0.2, -0.15) is 0 Å². The van der Waals surface area contributed by atoms with Crippen molar-refractivity contribution >= 4 is 27.3 Å². The number of ether oxygens (including phenoxy) is 2. The van der Waals surface area contributed by atoms with Crippen molar-refractivity contribution in [3.8, 4) is 17.2 Å². The topological polar surface area (TPSA) is 84.9 Å². The molecule has 3 aromatic carbocycles. The predicted octanol–water partition coefficient (Wildman–Crippen LogP) is 4.80. The highest BCUT2D eigenvalue weighted by atomic mass is 32.2. The molecular formula is C24H24N2O5S. The van der Waals surface area contributed by atoms with E-state index in [1.54, 1.807) is 31.3 Å². The molecule has 8 heteroatoms. The van der Waals surface area contributed by atoms with E-state index < -0.39 is 10.0 Å². The van der Waals surface area contributed by atoms with Crippen LogP contribution in [0.15, 0.2) is 53.4 Å². The molecule has 3 aromatic rings. The highest BCUT2D eigenvalue weighted by molar-refractivity contribution is 7.92. The Morgan fingerprint density at radius 1 is 0.938 bits per heavy atom. The quantitative estimate of drug-likeness (QED) is 0.614. The second kappa shape index (κ2) is 7.87. The van der Waals surface area contributed by atoms with E-state index in [0.717, 1.165) is 16.7 Å². The molecule has 1 aliphatic rings. The van der Waals surface area contributed by atoms with Gasteiger partial charge < -0.3 is 14.4 Å². The zero-order chi connectivity index (χ0) is 23.2. The second-order valence-electron chi connectivity index (χ2n) is 7.84. The Morgan fingerprint density at radius 2 is 1.62 bits per heavy atom. The van der Waals surface area contributed by atoms with Crippen LogP contribution in [0, 0.1) is 20.8 Å². The van der Waals surface area contributed by atoms with Crippen molar-refractivity contribution in [3.05, 3.63) is 70.8 Å². The van der Waals surface area contributed by atoms with Crippen LogP contribution in [0.25, 0.3) is 0 Å². The van der Waals surface area contributed by atoms with E-state index in [1.165, 1.54) is 18.1 Å². The third-order valence-electron chi connectivity index (χ3n) is 5.53. The Kier molecular flexibility index (Phi) is 5.34. The fraction of sp³-hybridized carbons (Fsp3) is 0.208. The van der Waals surface area contributed by atoms with Crippen molar-refractivity contribution in [1.82, 2.24) is 0 Å². The van der Waals surface area contributed by atoms with Gasteiger partial charge in [0.25, 0.3) is 15.9 Å². The number of carbonyl (C=O) groups excluding carboxylic acids is 1. The summed E-state index contributed by atoms with van der Waals surface area (Å²) in [5, 5.41) is 0. The van der Waals surface area contributed by atoms with Gasteiger partial charge in [-0.15, -0.1) is 0 Å². The third kappa shape index (κ3) is 3.78. The number of methoxy groups -OCH3 is 1. The number of anilines is 2. The van der Waals surface area contributed by atoms with E-state index in [9.17, 15) is 13.2 Å². The van der Waals surface area contributed by atoms with Crippen LogP contribution in [0.2, 0.25) is 0 Å². The maximum absolute atomic E-state index is 13.1. The molecule has 1 N–H and O–H groups in total. The van der Waals surface area contributed by atoms with Crippen molar-refractivity contribution in [1.29, 1.82) is 0 Å². The van der Waals surface area contributed by atoms with Gasteiger partial charge in [0.15, 0.2) is 5.75 Å². The van der Waals surface area contributed by atoms with Crippen molar-refractivity contribution in [2.24, 2.45) is 0 Å². The summed E-state index contributed by atoms with van der Waals surface area (Å²) in [6.45, 7) is 5.65. The summed E-state index contributed by atoms with van der Waals surface area (Å²) in [4.78, 5) is 14.7. The first kappa shape index (κ1) is 21.7. The molecule has 0 aromatic heterocycles. The molecule has 1 amide bonds. The molecule has 0 unspecified atom stereocenters. The number of sulfonamides is 1. The van der Waals surface area contributed by atoms with Gasteiger partial charge in [0.05, 0.1) is 18.4 Å². The molecule has 0 fully saturated rings. The predicted molar refractivity (Wildman–Crippen MR) is 124 cm³/mol.